The highest BCUT2D eigenvalue weighted by Gasteiger charge is 2.48. The highest BCUT2D eigenvalue weighted by molar-refractivity contribution is 7.60. The van der Waals surface area contributed by atoms with Crippen molar-refractivity contribution in [2.24, 2.45) is 0 Å². The molecule has 0 bridgehead atoms. The Morgan fingerprint density at radius 3 is 1.55 bits per heavy atom. The second-order valence-corrected chi connectivity index (χ2v) is 10.5. The molecule has 0 heterocycles. The highest BCUT2D eigenvalue weighted by atomic mass is 31.1. The van der Waals surface area contributed by atoms with Crippen molar-refractivity contribution in [1.29, 1.82) is 0 Å². The van der Waals surface area contributed by atoms with E-state index in [1.165, 1.54) is 17.5 Å². The van der Waals surface area contributed by atoms with Crippen molar-refractivity contribution in [3.05, 3.63) is 59.7 Å². The fourth-order valence-electron chi connectivity index (χ4n) is 4.62. The summed E-state index contributed by atoms with van der Waals surface area (Å²) >= 11 is 0. The van der Waals surface area contributed by atoms with Crippen LogP contribution >= 0.6 is 7.92 Å². The van der Waals surface area contributed by atoms with Gasteiger partial charge in [0.05, 0.1) is 0 Å². The number of hydrogen-bond acceptors (Lipinski definition) is 0. The Labute approximate surface area is 136 Å². The first-order valence-electron chi connectivity index (χ1n) is 8.51. The van der Waals surface area contributed by atoms with Crippen LogP contribution in [0.1, 0.15) is 52.2 Å². The molecule has 0 unspecified atom stereocenters. The molecule has 1 aliphatic rings. The molecular weight excluding hydrogens is 283 g/mol. The van der Waals surface area contributed by atoms with Crippen molar-refractivity contribution in [3.63, 3.8) is 0 Å². The second kappa shape index (κ2) is 5.82. The molecule has 0 saturated heterocycles. The Kier molecular flexibility index (Phi) is 4.17. The molecule has 0 aliphatic heterocycles. The molecule has 0 radical (unpaired) electrons. The Balaban J connectivity index is 2.35. The van der Waals surface area contributed by atoms with E-state index in [2.05, 4.69) is 83.1 Å². The van der Waals surface area contributed by atoms with Gasteiger partial charge < -0.3 is 0 Å². The van der Waals surface area contributed by atoms with Crippen LogP contribution in [0.3, 0.4) is 0 Å². The van der Waals surface area contributed by atoms with Crippen LogP contribution in [0.4, 0.5) is 0 Å². The van der Waals surface area contributed by atoms with Gasteiger partial charge in [-0.05, 0) is 40.0 Å². The van der Waals surface area contributed by atoms with Gasteiger partial charge in [-0.15, -0.1) is 0 Å². The lowest BCUT2D eigenvalue weighted by Crippen LogP contribution is -2.29. The van der Waals surface area contributed by atoms with Crippen LogP contribution < -0.4 is 0 Å². The summed E-state index contributed by atoms with van der Waals surface area (Å²) in [6, 6.07) is 18.2. The van der Waals surface area contributed by atoms with Gasteiger partial charge in [0.15, 0.2) is 0 Å². The lowest BCUT2D eigenvalue weighted by molar-refractivity contribution is 0.693. The lowest BCUT2D eigenvalue weighted by atomic mass is 9.93. The third-order valence-corrected chi connectivity index (χ3v) is 9.01. The van der Waals surface area contributed by atoms with Crippen LogP contribution in [-0.2, 0) is 5.16 Å². The minimum Gasteiger partial charge on any atom is -0.0858 e. The van der Waals surface area contributed by atoms with E-state index in [0.29, 0.717) is 0 Å². The summed E-state index contributed by atoms with van der Waals surface area (Å²) in [6.07, 6.45) is 1.20. The van der Waals surface area contributed by atoms with Crippen molar-refractivity contribution in [3.8, 4) is 11.1 Å². The molecule has 0 spiro atoms. The molecule has 1 heteroatoms. The summed E-state index contributed by atoms with van der Waals surface area (Å²) in [4.78, 5) is 0. The molecule has 0 N–H and O–H groups in total. The number of hydrogen-bond donors (Lipinski definition) is 0. The number of benzene rings is 2. The zero-order valence-corrected chi connectivity index (χ0v) is 15.3. The molecule has 1 aliphatic carbocycles. The molecule has 0 saturated carbocycles. The minimum absolute atomic E-state index is 0.137. The molecule has 2 aromatic carbocycles. The molecule has 0 aromatic heterocycles. The zero-order chi connectivity index (χ0) is 15.9. The zero-order valence-electron chi connectivity index (χ0n) is 14.4. The average Bonchev–Trinajstić information content (AvgIpc) is 2.79. The Morgan fingerprint density at radius 2 is 1.18 bits per heavy atom. The third-order valence-electron chi connectivity index (χ3n) is 5.10. The van der Waals surface area contributed by atoms with Crippen LogP contribution in [-0.4, -0.2) is 11.3 Å². The first kappa shape index (κ1) is 15.8. The standard InChI is InChI=1S/C21H27P/c1-6-21(22(15(2)3)16(4)5)19-13-9-7-11-17(19)18-12-8-10-14-20(18)21/h7-16H,6H2,1-5H3. The summed E-state index contributed by atoms with van der Waals surface area (Å²) in [7, 11) is -0.137. The summed E-state index contributed by atoms with van der Waals surface area (Å²) in [5.74, 6) is 0. The van der Waals surface area contributed by atoms with Gasteiger partial charge in [-0.2, -0.15) is 0 Å². The van der Waals surface area contributed by atoms with E-state index in [1.54, 1.807) is 11.1 Å². The monoisotopic (exact) mass is 310 g/mol. The fraction of sp³-hybridized carbons (Fsp3) is 0.429. The molecule has 0 nitrogen and oxygen atoms in total. The largest absolute Gasteiger partial charge is 0.0858 e. The maximum atomic E-state index is 2.42. The molecule has 0 atom stereocenters. The first-order valence-corrected chi connectivity index (χ1v) is 9.99. The van der Waals surface area contributed by atoms with Gasteiger partial charge >= 0.3 is 0 Å². The minimum atomic E-state index is -0.137. The van der Waals surface area contributed by atoms with Gasteiger partial charge in [-0.1, -0.05) is 91.1 Å². The van der Waals surface area contributed by atoms with Crippen molar-refractivity contribution < 1.29 is 0 Å². The quantitative estimate of drug-likeness (QED) is 0.557. The summed E-state index contributed by atoms with van der Waals surface area (Å²) < 4.78 is 0. The maximum Gasteiger partial charge on any atom is 0.0415 e. The Morgan fingerprint density at radius 1 is 0.773 bits per heavy atom. The van der Waals surface area contributed by atoms with Crippen LogP contribution in [0.5, 0.6) is 0 Å². The van der Waals surface area contributed by atoms with Gasteiger partial charge in [-0.3, -0.25) is 0 Å². The van der Waals surface area contributed by atoms with Crippen LogP contribution in [0.25, 0.3) is 11.1 Å². The van der Waals surface area contributed by atoms with Crippen LogP contribution in [0.15, 0.2) is 48.5 Å². The van der Waals surface area contributed by atoms with Crippen LogP contribution in [0, 0.1) is 0 Å². The maximum absolute atomic E-state index is 2.42. The van der Waals surface area contributed by atoms with E-state index < -0.39 is 0 Å². The van der Waals surface area contributed by atoms with Gasteiger partial charge in [0, 0.05) is 5.16 Å². The Hall–Kier alpha value is -1.13. The predicted molar refractivity (Wildman–Crippen MR) is 100 cm³/mol. The van der Waals surface area contributed by atoms with E-state index >= 15 is 0 Å². The molecular formula is C21H27P. The summed E-state index contributed by atoms with van der Waals surface area (Å²) in [6.45, 7) is 12.1. The van der Waals surface area contributed by atoms with Crippen molar-refractivity contribution in [2.45, 2.75) is 57.5 Å². The third kappa shape index (κ3) is 2.08. The van der Waals surface area contributed by atoms with Gasteiger partial charge in [0.2, 0.25) is 0 Å². The predicted octanol–water partition coefficient (Wildman–Crippen LogP) is 6.62. The van der Waals surface area contributed by atoms with Gasteiger partial charge in [0.1, 0.15) is 0 Å². The highest BCUT2D eigenvalue weighted by Crippen LogP contribution is 2.71. The smallest absolute Gasteiger partial charge is 0.0415 e. The fourth-order valence-corrected chi connectivity index (χ4v) is 8.89. The van der Waals surface area contributed by atoms with Crippen molar-refractivity contribution in [1.82, 2.24) is 0 Å². The lowest BCUT2D eigenvalue weighted by Gasteiger charge is -2.44. The number of rotatable bonds is 4. The second-order valence-electron chi connectivity index (χ2n) is 6.90. The van der Waals surface area contributed by atoms with Crippen molar-refractivity contribution >= 4 is 7.92 Å². The van der Waals surface area contributed by atoms with Crippen molar-refractivity contribution in [2.75, 3.05) is 0 Å². The van der Waals surface area contributed by atoms with E-state index in [-0.39, 0.29) is 13.1 Å². The SMILES string of the molecule is CCC1(P(C(C)C)C(C)C)c2ccccc2-c2ccccc21. The van der Waals surface area contributed by atoms with Crippen LogP contribution in [0.2, 0.25) is 0 Å². The Bertz CT molecular complexity index is 616. The molecule has 3 rings (SSSR count). The van der Waals surface area contributed by atoms with E-state index in [9.17, 15) is 0 Å². The molecule has 2 aromatic rings. The van der Waals surface area contributed by atoms with E-state index in [1.807, 2.05) is 0 Å². The molecule has 22 heavy (non-hydrogen) atoms. The van der Waals surface area contributed by atoms with Gasteiger partial charge in [0.25, 0.3) is 0 Å². The first-order chi connectivity index (χ1) is 10.5. The number of fused-ring (bicyclic) bond motifs is 3. The summed E-state index contributed by atoms with van der Waals surface area (Å²) in [5, 5.41) is 0.227. The van der Waals surface area contributed by atoms with Gasteiger partial charge in [-0.25, -0.2) is 0 Å². The van der Waals surface area contributed by atoms with E-state index in [0.717, 1.165) is 11.3 Å². The molecule has 0 amide bonds. The average molecular weight is 310 g/mol. The molecule has 0 fully saturated rings. The molecule has 116 valence electrons. The van der Waals surface area contributed by atoms with E-state index in [4.69, 9.17) is 0 Å². The topological polar surface area (TPSA) is 0 Å². The normalized spacial score (nSPS) is 15.5. The summed E-state index contributed by atoms with van der Waals surface area (Å²) in [5.41, 5.74) is 7.55.